The van der Waals surface area contributed by atoms with Gasteiger partial charge in [0.2, 0.25) is 0 Å². The van der Waals surface area contributed by atoms with Crippen molar-refractivity contribution in [2.45, 2.75) is 20.0 Å². The molecule has 0 aliphatic rings. The van der Waals surface area contributed by atoms with Crippen LogP contribution in [-0.2, 0) is 0 Å². The fourth-order valence-electron chi connectivity index (χ4n) is 1.17. The minimum Gasteiger partial charge on any atom is -0.504 e. The molecule has 1 atom stereocenters. The average molecular weight is 208 g/mol. The lowest BCUT2D eigenvalue weighted by atomic mass is 10.1. The molecule has 0 radical (unpaired) electrons. The molecule has 0 spiro atoms. The molecule has 0 amide bonds. The van der Waals surface area contributed by atoms with E-state index >= 15 is 0 Å². The third-order valence-corrected chi connectivity index (χ3v) is 2.26. The van der Waals surface area contributed by atoms with Gasteiger partial charge >= 0.3 is 0 Å². The first-order chi connectivity index (χ1) is 7.04. The zero-order chi connectivity index (χ0) is 11.4. The van der Waals surface area contributed by atoms with Crippen molar-refractivity contribution in [3.05, 3.63) is 29.3 Å². The van der Waals surface area contributed by atoms with Crippen LogP contribution in [0.3, 0.4) is 0 Å². The van der Waals surface area contributed by atoms with Gasteiger partial charge in [-0.2, -0.15) is 0 Å². The van der Waals surface area contributed by atoms with Gasteiger partial charge in [0.05, 0.1) is 13.2 Å². The second kappa shape index (κ2) is 4.84. The number of aliphatic hydroxyl groups excluding tert-OH is 1. The second-order valence-electron chi connectivity index (χ2n) is 3.50. The van der Waals surface area contributed by atoms with Crippen molar-refractivity contribution in [2.75, 3.05) is 7.11 Å². The minimum absolute atomic E-state index is 0.115. The maximum absolute atomic E-state index is 9.38. The van der Waals surface area contributed by atoms with Crippen LogP contribution in [0.1, 0.15) is 19.4 Å². The van der Waals surface area contributed by atoms with E-state index in [-0.39, 0.29) is 5.75 Å². The van der Waals surface area contributed by atoms with E-state index in [0.29, 0.717) is 5.75 Å². The normalized spacial score (nSPS) is 13.7. The molecule has 0 bridgehead atoms. The number of hydrogen-bond acceptors (Lipinski definition) is 3. The molecule has 1 unspecified atom stereocenters. The molecule has 3 nitrogen and oxygen atoms in total. The number of ether oxygens (including phenoxy) is 1. The van der Waals surface area contributed by atoms with Crippen LogP contribution in [0.15, 0.2) is 23.8 Å². The van der Waals surface area contributed by atoms with Gasteiger partial charge in [0.1, 0.15) is 0 Å². The number of rotatable bonds is 3. The average Bonchev–Trinajstić information content (AvgIpc) is 2.20. The maximum Gasteiger partial charge on any atom is 0.161 e. The van der Waals surface area contributed by atoms with E-state index in [4.69, 9.17) is 4.74 Å². The lowest BCUT2D eigenvalue weighted by Crippen LogP contribution is -2.00. The van der Waals surface area contributed by atoms with Crippen molar-refractivity contribution in [1.82, 2.24) is 0 Å². The summed E-state index contributed by atoms with van der Waals surface area (Å²) < 4.78 is 4.99. The van der Waals surface area contributed by atoms with Gasteiger partial charge in [0.25, 0.3) is 0 Å². The van der Waals surface area contributed by atoms with Crippen LogP contribution in [0.4, 0.5) is 0 Å². The number of phenols is 1. The number of aromatic hydroxyl groups is 1. The highest BCUT2D eigenvalue weighted by Gasteiger charge is 2.02. The van der Waals surface area contributed by atoms with Crippen molar-refractivity contribution in [3.8, 4) is 11.5 Å². The summed E-state index contributed by atoms with van der Waals surface area (Å²) in [7, 11) is 1.50. The lowest BCUT2D eigenvalue weighted by Gasteiger charge is -2.06. The van der Waals surface area contributed by atoms with Crippen LogP contribution < -0.4 is 4.74 Å². The molecule has 15 heavy (non-hydrogen) atoms. The number of hydrogen-bond donors (Lipinski definition) is 2. The number of aliphatic hydroxyl groups is 1. The summed E-state index contributed by atoms with van der Waals surface area (Å²) in [6.07, 6.45) is 1.39. The smallest absolute Gasteiger partial charge is 0.161 e. The van der Waals surface area contributed by atoms with Gasteiger partial charge in [-0.15, -0.1) is 0 Å². The molecular formula is C12H16O3. The SMILES string of the molecule is COc1cc(/C=C(/C)C(C)O)ccc1O. The van der Waals surface area contributed by atoms with E-state index in [9.17, 15) is 10.2 Å². The fraction of sp³-hybridized carbons (Fsp3) is 0.333. The Morgan fingerprint density at radius 3 is 2.67 bits per heavy atom. The number of methoxy groups -OCH3 is 1. The zero-order valence-corrected chi connectivity index (χ0v) is 9.19. The first kappa shape index (κ1) is 11.6. The Balaban J connectivity index is 3.02. The van der Waals surface area contributed by atoms with E-state index < -0.39 is 6.10 Å². The van der Waals surface area contributed by atoms with Gasteiger partial charge in [-0.25, -0.2) is 0 Å². The van der Waals surface area contributed by atoms with Gasteiger partial charge in [-0.1, -0.05) is 12.1 Å². The van der Waals surface area contributed by atoms with E-state index in [1.807, 2.05) is 13.0 Å². The fourth-order valence-corrected chi connectivity index (χ4v) is 1.17. The molecule has 1 aromatic carbocycles. The van der Waals surface area contributed by atoms with Crippen molar-refractivity contribution in [3.63, 3.8) is 0 Å². The molecule has 0 fully saturated rings. The van der Waals surface area contributed by atoms with Gasteiger partial charge in [0, 0.05) is 0 Å². The van der Waals surface area contributed by atoms with E-state index in [0.717, 1.165) is 11.1 Å². The number of benzene rings is 1. The van der Waals surface area contributed by atoms with E-state index in [1.54, 1.807) is 25.1 Å². The molecule has 0 aromatic heterocycles. The Labute approximate surface area is 89.6 Å². The first-order valence-electron chi connectivity index (χ1n) is 4.78. The summed E-state index contributed by atoms with van der Waals surface area (Å²) in [6, 6.07) is 5.06. The van der Waals surface area contributed by atoms with Crippen LogP contribution in [-0.4, -0.2) is 23.4 Å². The summed E-state index contributed by atoms with van der Waals surface area (Å²) in [5.74, 6) is 0.548. The van der Waals surface area contributed by atoms with E-state index in [2.05, 4.69) is 0 Å². The second-order valence-corrected chi connectivity index (χ2v) is 3.50. The standard InChI is InChI=1S/C12H16O3/c1-8(9(2)13)6-10-4-5-11(14)12(7-10)15-3/h4-7,9,13-14H,1-3H3/b8-6-. The molecule has 0 aliphatic carbocycles. The molecule has 1 rings (SSSR count). The Morgan fingerprint density at radius 2 is 2.13 bits per heavy atom. The van der Waals surface area contributed by atoms with Gasteiger partial charge in [0.15, 0.2) is 11.5 Å². The molecule has 82 valence electrons. The van der Waals surface area contributed by atoms with Crippen molar-refractivity contribution < 1.29 is 14.9 Å². The minimum atomic E-state index is -0.468. The lowest BCUT2D eigenvalue weighted by molar-refractivity contribution is 0.232. The topological polar surface area (TPSA) is 49.7 Å². The zero-order valence-electron chi connectivity index (χ0n) is 9.19. The van der Waals surface area contributed by atoms with Gasteiger partial charge in [-0.3, -0.25) is 0 Å². The van der Waals surface area contributed by atoms with Crippen molar-refractivity contribution in [2.24, 2.45) is 0 Å². The predicted molar refractivity (Wildman–Crippen MR) is 60.0 cm³/mol. The summed E-state index contributed by atoms with van der Waals surface area (Å²) in [4.78, 5) is 0. The molecule has 0 saturated heterocycles. The highest BCUT2D eigenvalue weighted by molar-refractivity contribution is 5.58. The molecule has 0 aliphatic heterocycles. The molecule has 2 N–H and O–H groups in total. The van der Waals surface area contributed by atoms with Gasteiger partial charge in [-0.05, 0) is 37.1 Å². The van der Waals surface area contributed by atoms with Crippen molar-refractivity contribution in [1.29, 1.82) is 0 Å². The van der Waals surface area contributed by atoms with Crippen molar-refractivity contribution >= 4 is 6.08 Å². The molecule has 0 heterocycles. The van der Waals surface area contributed by atoms with Crippen LogP contribution >= 0.6 is 0 Å². The molecular weight excluding hydrogens is 192 g/mol. The summed E-state index contributed by atoms with van der Waals surface area (Å²) >= 11 is 0. The van der Waals surface area contributed by atoms with Crippen LogP contribution in [0.2, 0.25) is 0 Å². The Morgan fingerprint density at radius 1 is 1.47 bits per heavy atom. The Kier molecular flexibility index (Phi) is 3.74. The predicted octanol–water partition coefficient (Wildman–Crippen LogP) is 2.18. The third kappa shape index (κ3) is 2.99. The quantitative estimate of drug-likeness (QED) is 0.800. The molecule has 0 saturated carbocycles. The Bertz CT molecular complexity index is 367. The number of phenolic OH excluding ortho intramolecular Hbond substituents is 1. The van der Waals surface area contributed by atoms with Crippen LogP contribution in [0.5, 0.6) is 11.5 Å². The third-order valence-electron chi connectivity index (χ3n) is 2.26. The summed E-state index contributed by atoms with van der Waals surface area (Å²) in [6.45, 7) is 3.56. The van der Waals surface area contributed by atoms with E-state index in [1.165, 1.54) is 7.11 Å². The highest BCUT2D eigenvalue weighted by Crippen LogP contribution is 2.27. The monoisotopic (exact) mass is 208 g/mol. The summed E-state index contributed by atoms with van der Waals surface area (Å²) in [5.41, 5.74) is 1.76. The highest BCUT2D eigenvalue weighted by atomic mass is 16.5. The van der Waals surface area contributed by atoms with Crippen LogP contribution in [0, 0.1) is 0 Å². The molecule has 1 aromatic rings. The van der Waals surface area contributed by atoms with Gasteiger partial charge < -0.3 is 14.9 Å². The van der Waals surface area contributed by atoms with Crippen LogP contribution in [0.25, 0.3) is 6.08 Å². The first-order valence-corrected chi connectivity index (χ1v) is 4.78. The Hall–Kier alpha value is -1.48. The largest absolute Gasteiger partial charge is 0.504 e. The maximum atomic E-state index is 9.38. The molecule has 3 heteroatoms. The summed E-state index contributed by atoms with van der Waals surface area (Å²) in [5, 5.41) is 18.7.